The second-order valence-corrected chi connectivity index (χ2v) is 4.90. The molecular formula is C16H18N2O2. The Kier molecular flexibility index (Phi) is 4.85. The molecule has 0 aromatic heterocycles. The van der Waals surface area contributed by atoms with E-state index in [-0.39, 0.29) is 10.6 Å². The Balaban J connectivity index is 1.89. The Hall–Kier alpha value is -2.20. The Labute approximate surface area is 118 Å². The maximum absolute atomic E-state index is 10.7. The first-order chi connectivity index (χ1) is 9.65. The summed E-state index contributed by atoms with van der Waals surface area (Å²) < 4.78 is 0. The first kappa shape index (κ1) is 14.2. The molecule has 0 atom stereocenters. The van der Waals surface area contributed by atoms with Gasteiger partial charge in [0.1, 0.15) is 0 Å². The van der Waals surface area contributed by atoms with E-state index < -0.39 is 0 Å². The number of hydrogen-bond donors (Lipinski definition) is 0. The summed E-state index contributed by atoms with van der Waals surface area (Å²) in [6.45, 7) is 1.64. The van der Waals surface area contributed by atoms with Gasteiger partial charge in [0.15, 0.2) is 0 Å². The number of non-ortho nitro benzene ring substituents is 1. The van der Waals surface area contributed by atoms with E-state index in [0.29, 0.717) is 6.54 Å². The van der Waals surface area contributed by atoms with Crippen LogP contribution in [0.5, 0.6) is 0 Å². The van der Waals surface area contributed by atoms with Gasteiger partial charge in [-0.1, -0.05) is 42.5 Å². The molecule has 104 valence electrons. The molecule has 4 nitrogen and oxygen atoms in total. The van der Waals surface area contributed by atoms with Gasteiger partial charge in [0.2, 0.25) is 0 Å². The third kappa shape index (κ3) is 4.17. The van der Waals surface area contributed by atoms with Crippen LogP contribution >= 0.6 is 0 Å². The highest BCUT2D eigenvalue weighted by Gasteiger charge is 2.07. The molecule has 0 saturated heterocycles. The van der Waals surface area contributed by atoms with E-state index in [1.54, 1.807) is 12.1 Å². The molecule has 0 N–H and O–H groups in total. The number of hydrogen-bond acceptors (Lipinski definition) is 3. The van der Waals surface area contributed by atoms with Crippen LogP contribution in [0.2, 0.25) is 0 Å². The molecule has 0 unspecified atom stereocenters. The monoisotopic (exact) mass is 270 g/mol. The molecule has 0 spiro atoms. The topological polar surface area (TPSA) is 46.4 Å². The number of nitro groups is 1. The highest BCUT2D eigenvalue weighted by molar-refractivity contribution is 5.34. The first-order valence-electron chi connectivity index (χ1n) is 6.61. The van der Waals surface area contributed by atoms with Crippen LogP contribution in [0.4, 0.5) is 5.69 Å². The van der Waals surface area contributed by atoms with Crippen molar-refractivity contribution < 1.29 is 4.92 Å². The molecule has 0 aliphatic rings. The van der Waals surface area contributed by atoms with Gasteiger partial charge in [-0.05, 0) is 24.6 Å². The van der Waals surface area contributed by atoms with Crippen molar-refractivity contribution in [1.29, 1.82) is 0 Å². The van der Waals surface area contributed by atoms with Crippen molar-refractivity contribution in [2.24, 2.45) is 0 Å². The van der Waals surface area contributed by atoms with Crippen LogP contribution < -0.4 is 0 Å². The van der Waals surface area contributed by atoms with Crippen molar-refractivity contribution in [3.8, 4) is 0 Å². The van der Waals surface area contributed by atoms with E-state index in [9.17, 15) is 10.1 Å². The van der Waals surface area contributed by atoms with Crippen molar-refractivity contribution >= 4 is 5.69 Å². The van der Waals surface area contributed by atoms with Crippen LogP contribution in [0.3, 0.4) is 0 Å². The maximum atomic E-state index is 10.7. The highest BCUT2D eigenvalue weighted by atomic mass is 16.6. The van der Waals surface area contributed by atoms with Crippen LogP contribution in [0.15, 0.2) is 54.6 Å². The van der Waals surface area contributed by atoms with Gasteiger partial charge in [0.25, 0.3) is 5.69 Å². The largest absolute Gasteiger partial charge is 0.302 e. The smallest absolute Gasteiger partial charge is 0.269 e. The number of rotatable bonds is 6. The predicted octanol–water partition coefficient (Wildman–Crippen LogP) is 3.27. The van der Waals surface area contributed by atoms with E-state index in [1.807, 2.05) is 31.3 Å². The van der Waals surface area contributed by atoms with E-state index in [4.69, 9.17) is 0 Å². The average molecular weight is 270 g/mol. The Morgan fingerprint density at radius 2 is 1.75 bits per heavy atom. The number of nitrogens with zero attached hydrogens (tertiary/aromatic N) is 2. The molecule has 0 amide bonds. The molecule has 2 aromatic carbocycles. The minimum Gasteiger partial charge on any atom is -0.302 e. The Morgan fingerprint density at radius 3 is 2.45 bits per heavy atom. The third-order valence-electron chi connectivity index (χ3n) is 3.20. The fourth-order valence-corrected chi connectivity index (χ4v) is 2.12. The zero-order valence-corrected chi connectivity index (χ0v) is 11.5. The predicted molar refractivity (Wildman–Crippen MR) is 79.6 cm³/mol. The second-order valence-electron chi connectivity index (χ2n) is 4.90. The van der Waals surface area contributed by atoms with E-state index >= 15 is 0 Å². The van der Waals surface area contributed by atoms with Crippen molar-refractivity contribution in [3.05, 3.63) is 75.8 Å². The number of benzene rings is 2. The van der Waals surface area contributed by atoms with Crippen molar-refractivity contribution in [1.82, 2.24) is 4.90 Å². The summed E-state index contributed by atoms with van der Waals surface area (Å²) in [6, 6.07) is 17.1. The summed E-state index contributed by atoms with van der Waals surface area (Å²) in [5.41, 5.74) is 2.42. The zero-order valence-electron chi connectivity index (χ0n) is 11.5. The van der Waals surface area contributed by atoms with Gasteiger partial charge in [-0.2, -0.15) is 0 Å². The van der Waals surface area contributed by atoms with Crippen molar-refractivity contribution in [3.63, 3.8) is 0 Å². The lowest BCUT2D eigenvalue weighted by Crippen LogP contribution is -2.20. The molecule has 0 heterocycles. The standard InChI is InChI=1S/C16H18N2O2/c1-17(11-10-14-6-3-2-4-7-14)13-15-8-5-9-16(12-15)18(19)20/h2-9,12H,10-11,13H2,1H3. The summed E-state index contributed by atoms with van der Waals surface area (Å²) >= 11 is 0. The van der Waals surface area contributed by atoms with Crippen molar-refractivity contribution in [2.45, 2.75) is 13.0 Å². The average Bonchev–Trinajstić information content (AvgIpc) is 2.46. The second kappa shape index (κ2) is 6.82. The molecule has 0 bridgehead atoms. The molecular weight excluding hydrogens is 252 g/mol. The van der Waals surface area contributed by atoms with Gasteiger partial charge in [-0.3, -0.25) is 10.1 Å². The first-order valence-corrected chi connectivity index (χ1v) is 6.61. The molecule has 2 aromatic rings. The minimum absolute atomic E-state index is 0.152. The molecule has 2 rings (SSSR count). The normalized spacial score (nSPS) is 10.7. The summed E-state index contributed by atoms with van der Waals surface area (Å²) in [6.07, 6.45) is 0.978. The highest BCUT2D eigenvalue weighted by Crippen LogP contribution is 2.14. The molecule has 0 aliphatic heterocycles. The van der Waals surface area contributed by atoms with Gasteiger partial charge in [-0.25, -0.2) is 0 Å². The fraction of sp³-hybridized carbons (Fsp3) is 0.250. The number of nitro benzene ring substituents is 1. The van der Waals surface area contributed by atoms with E-state index in [1.165, 1.54) is 11.6 Å². The van der Waals surface area contributed by atoms with Crippen molar-refractivity contribution in [2.75, 3.05) is 13.6 Å². The summed E-state index contributed by atoms with van der Waals surface area (Å²) in [5.74, 6) is 0. The molecule has 0 saturated carbocycles. The van der Waals surface area contributed by atoms with Crippen LogP contribution in [-0.4, -0.2) is 23.4 Å². The van der Waals surface area contributed by atoms with E-state index in [0.717, 1.165) is 18.5 Å². The van der Waals surface area contributed by atoms with Crippen LogP contribution in [0.1, 0.15) is 11.1 Å². The molecule has 4 heteroatoms. The Bertz CT molecular complexity index is 570. The van der Waals surface area contributed by atoms with Gasteiger partial charge in [0, 0.05) is 25.2 Å². The van der Waals surface area contributed by atoms with Crippen LogP contribution in [-0.2, 0) is 13.0 Å². The van der Waals surface area contributed by atoms with Gasteiger partial charge in [0.05, 0.1) is 4.92 Å². The fourth-order valence-electron chi connectivity index (χ4n) is 2.12. The lowest BCUT2D eigenvalue weighted by Gasteiger charge is -2.16. The minimum atomic E-state index is -0.354. The van der Waals surface area contributed by atoms with Crippen LogP contribution in [0.25, 0.3) is 0 Å². The van der Waals surface area contributed by atoms with Gasteiger partial charge in [-0.15, -0.1) is 0 Å². The lowest BCUT2D eigenvalue weighted by molar-refractivity contribution is -0.384. The molecule has 20 heavy (non-hydrogen) atoms. The SMILES string of the molecule is CN(CCc1ccccc1)Cc1cccc([N+](=O)[O-])c1. The number of likely N-dealkylation sites (N-methyl/N-ethyl adjacent to an activating group) is 1. The van der Waals surface area contributed by atoms with Crippen LogP contribution in [0, 0.1) is 10.1 Å². The molecule has 0 radical (unpaired) electrons. The molecule has 0 aliphatic carbocycles. The van der Waals surface area contributed by atoms with E-state index in [2.05, 4.69) is 17.0 Å². The zero-order chi connectivity index (χ0) is 14.4. The maximum Gasteiger partial charge on any atom is 0.269 e. The summed E-state index contributed by atoms with van der Waals surface area (Å²) in [4.78, 5) is 12.6. The summed E-state index contributed by atoms with van der Waals surface area (Å²) in [5, 5.41) is 10.7. The molecule has 0 fully saturated rings. The van der Waals surface area contributed by atoms with Gasteiger partial charge < -0.3 is 4.90 Å². The Morgan fingerprint density at radius 1 is 1.05 bits per heavy atom. The van der Waals surface area contributed by atoms with Gasteiger partial charge >= 0.3 is 0 Å². The quantitative estimate of drug-likeness (QED) is 0.598. The lowest BCUT2D eigenvalue weighted by atomic mass is 10.1. The summed E-state index contributed by atoms with van der Waals surface area (Å²) in [7, 11) is 2.03. The third-order valence-corrected chi connectivity index (χ3v) is 3.20.